The van der Waals surface area contributed by atoms with Crippen LogP contribution in [0.2, 0.25) is 0 Å². The molecule has 0 bridgehead atoms. The predicted octanol–water partition coefficient (Wildman–Crippen LogP) is 7.12. The highest BCUT2D eigenvalue weighted by Crippen LogP contribution is 2.32. The third kappa shape index (κ3) is 5.55. The van der Waals surface area contributed by atoms with Gasteiger partial charge in [-0.25, -0.2) is 4.98 Å². The number of benzene rings is 3. The summed E-state index contributed by atoms with van der Waals surface area (Å²) in [5, 5.41) is 4.47. The number of hydrogen-bond donors (Lipinski definition) is 2. The molecule has 0 unspecified atom stereocenters. The van der Waals surface area contributed by atoms with E-state index in [2.05, 4.69) is 83.1 Å². The van der Waals surface area contributed by atoms with Crippen LogP contribution in [0.15, 0.2) is 96.2 Å². The Morgan fingerprint density at radius 3 is 2.03 bits per heavy atom. The Morgan fingerprint density at radius 2 is 1.33 bits per heavy atom. The van der Waals surface area contributed by atoms with Gasteiger partial charge in [-0.2, -0.15) is 0 Å². The van der Waals surface area contributed by atoms with Crippen molar-refractivity contribution in [1.29, 1.82) is 0 Å². The number of nitrogens with one attached hydrogen (secondary N) is 2. The number of aromatic nitrogens is 2. The first-order chi connectivity index (χ1) is 14.9. The van der Waals surface area contributed by atoms with Gasteiger partial charge in [0.2, 0.25) is 0 Å². The fourth-order valence-electron chi connectivity index (χ4n) is 3.40. The van der Waals surface area contributed by atoms with Crippen molar-refractivity contribution in [2.24, 2.45) is 0 Å². The van der Waals surface area contributed by atoms with Gasteiger partial charge in [-0.1, -0.05) is 97.0 Å². The molecule has 0 saturated carbocycles. The lowest BCUT2D eigenvalue weighted by Gasteiger charge is -2.05. The van der Waals surface area contributed by atoms with Gasteiger partial charge in [0.1, 0.15) is 0 Å². The van der Waals surface area contributed by atoms with Crippen LogP contribution in [0, 0.1) is 0 Å². The van der Waals surface area contributed by atoms with Crippen LogP contribution in [0.3, 0.4) is 0 Å². The Hall–Kier alpha value is -2.98. The summed E-state index contributed by atoms with van der Waals surface area (Å²) in [7, 11) is 0. The Balaban J connectivity index is 1.31. The smallest absolute Gasteiger partial charge is 0.166 e. The van der Waals surface area contributed by atoms with E-state index in [4.69, 9.17) is 4.98 Å². The van der Waals surface area contributed by atoms with E-state index in [0.29, 0.717) is 0 Å². The zero-order valence-corrected chi connectivity index (χ0v) is 17.9. The minimum Gasteiger partial charge on any atom is -0.385 e. The van der Waals surface area contributed by atoms with Gasteiger partial charge in [0.05, 0.1) is 11.4 Å². The van der Waals surface area contributed by atoms with Crippen molar-refractivity contribution in [1.82, 2.24) is 9.97 Å². The minimum absolute atomic E-state index is 0.995. The van der Waals surface area contributed by atoms with Crippen LogP contribution >= 0.6 is 11.8 Å². The second-order valence-electron chi connectivity index (χ2n) is 7.20. The molecule has 1 aromatic heterocycles. The molecule has 0 saturated heterocycles. The molecule has 0 aliphatic carbocycles. The normalized spacial score (nSPS) is 10.8. The van der Waals surface area contributed by atoms with Gasteiger partial charge in [0.15, 0.2) is 5.16 Å². The molecule has 0 aliphatic rings. The topological polar surface area (TPSA) is 40.7 Å². The molecule has 0 radical (unpaired) electrons. The van der Waals surface area contributed by atoms with E-state index in [0.717, 1.165) is 34.4 Å². The summed E-state index contributed by atoms with van der Waals surface area (Å²) in [6, 6.07) is 31.3. The maximum atomic E-state index is 4.93. The molecule has 4 heteroatoms. The molecule has 0 aliphatic heterocycles. The van der Waals surface area contributed by atoms with Crippen LogP contribution in [-0.4, -0.2) is 22.3 Å². The first kappa shape index (κ1) is 20.3. The van der Waals surface area contributed by atoms with Crippen LogP contribution in [0.1, 0.15) is 19.3 Å². The largest absolute Gasteiger partial charge is 0.385 e. The summed E-state index contributed by atoms with van der Waals surface area (Å²) in [5.74, 6) is 1.07. The highest BCUT2D eigenvalue weighted by atomic mass is 32.2. The van der Waals surface area contributed by atoms with Crippen LogP contribution in [0.25, 0.3) is 22.5 Å². The zero-order chi connectivity index (χ0) is 20.4. The fourth-order valence-corrected chi connectivity index (χ4v) is 4.27. The number of anilines is 1. The lowest BCUT2D eigenvalue weighted by Crippen LogP contribution is -2.01. The summed E-state index contributed by atoms with van der Waals surface area (Å²) >= 11 is 1.81. The molecule has 3 aromatic carbocycles. The molecule has 0 spiro atoms. The predicted molar refractivity (Wildman–Crippen MR) is 129 cm³/mol. The van der Waals surface area contributed by atoms with E-state index in [9.17, 15) is 0 Å². The lowest BCUT2D eigenvalue weighted by molar-refractivity contribution is 0.749. The van der Waals surface area contributed by atoms with E-state index in [1.807, 2.05) is 30.0 Å². The molecule has 2 N–H and O–H groups in total. The average Bonchev–Trinajstić information content (AvgIpc) is 3.24. The van der Waals surface area contributed by atoms with Crippen molar-refractivity contribution in [2.75, 3.05) is 17.6 Å². The van der Waals surface area contributed by atoms with Gasteiger partial charge in [-0.05, 0) is 25.0 Å². The number of rotatable bonds is 10. The molecule has 4 rings (SSSR count). The van der Waals surface area contributed by atoms with E-state index >= 15 is 0 Å². The van der Waals surface area contributed by atoms with Crippen molar-refractivity contribution < 1.29 is 0 Å². The van der Waals surface area contributed by atoms with E-state index in [1.165, 1.54) is 30.5 Å². The number of nitrogens with zero attached hydrogens (tertiary/aromatic N) is 1. The molecule has 1 heterocycles. The van der Waals surface area contributed by atoms with Crippen molar-refractivity contribution in [3.05, 3.63) is 91.0 Å². The monoisotopic (exact) mass is 413 g/mol. The number of unbranched alkanes of at least 4 members (excludes halogenated alkanes) is 2. The van der Waals surface area contributed by atoms with Gasteiger partial charge in [0.25, 0.3) is 0 Å². The zero-order valence-electron chi connectivity index (χ0n) is 17.1. The molecular formula is C26H27N3S. The van der Waals surface area contributed by atoms with E-state index in [1.54, 1.807) is 0 Å². The Morgan fingerprint density at radius 1 is 0.700 bits per heavy atom. The summed E-state index contributed by atoms with van der Waals surface area (Å²) in [6.07, 6.45) is 3.58. The number of H-pyrrole nitrogens is 1. The second kappa shape index (κ2) is 10.7. The fraction of sp³-hybridized carbons (Fsp3) is 0.192. The standard InChI is InChI=1S/C26H27N3S/c1-5-13-21(14-6-1)24-25(22-15-7-2-8-16-22)29-26(28-24)30-20-12-4-11-19-27-23-17-9-3-10-18-23/h1-3,5-10,13-18,27H,4,11-12,19-20H2,(H,28,29). The molecule has 30 heavy (non-hydrogen) atoms. The van der Waals surface area contributed by atoms with Crippen LogP contribution in [0.5, 0.6) is 0 Å². The van der Waals surface area contributed by atoms with Gasteiger partial charge >= 0.3 is 0 Å². The Kier molecular flexibility index (Phi) is 7.24. The van der Waals surface area contributed by atoms with Gasteiger partial charge in [-0.3, -0.25) is 0 Å². The summed E-state index contributed by atoms with van der Waals surface area (Å²) in [6.45, 7) is 1.02. The third-order valence-corrected chi connectivity index (χ3v) is 5.91. The number of thioether (sulfide) groups is 1. The molecule has 0 fully saturated rings. The van der Waals surface area contributed by atoms with Crippen molar-refractivity contribution in [2.45, 2.75) is 24.4 Å². The van der Waals surface area contributed by atoms with Gasteiger partial charge in [0, 0.05) is 29.1 Å². The summed E-state index contributed by atoms with van der Waals surface area (Å²) < 4.78 is 0. The highest BCUT2D eigenvalue weighted by molar-refractivity contribution is 7.99. The number of aromatic amines is 1. The molecule has 0 amide bonds. The van der Waals surface area contributed by atoms with Crippen LogP contribution in [-0.2, 0) is 0 Å². The first-order valence-corrected chi connectivity index (χ1v) is 11.5. The van der Waals surface area contributed by atoms with Crippen molar-refractivity contribution >= 4 is 17.4 Å². The summed E-state index contributed by atoms with van der Waals surface area (Å²) in [5.41, 5.74) is 5.63. The average molecular weight is 414 g/mol. The van der Waals surface area contributed by atoms with Gasteiger partial charge in [-0.15, -0.1) is 0 Å². The third-order valence-electron chi connectivity index (χ3n) is 4.95. The van der Waals surface area contributed by atoms with Crippen LogP contribution < -0.4 is 5.32 Å². The molecule has 3 nitrogen and oxygen atoms in total. The minimum atomic E-state index is 0.995. The lowest BCUT2D eigenvalue weighted by atomic mass is 10.1. The number of para-hydroxylation sites is 1. The van der Waals surface area contributed by atoms with Crippen molar-refractivity contribution in [3.63, 3.8) is 0 Å². The molecule has 152 valence electrons. The summed E-state index contributed by atoms with van der Waals surface area (Å²) in [4.78, 5) is 8.49. The maximum Gasteiger partial charge on any atom is 0.166 e. The van der Waals surface area contributed by atoms with E-state index in [-0.39, 0.29) is 0 Å². The molecular weight excluding hydrogens is 386 g/mol. The second-order valence-corrected chi connectivity index (χ2v) is 8.28. The quantitative estimate of drug-likeness (QED) is 0.215. The van der Waals surface area contributed by atoms with E-state index < -0.39 is 0 Å². The van der Waals surface area contributed by atoms with Gasteiger partial charge < -0.3 is 10.3 Å². The highest BCUT2D eigenvalue weighted by Gasteiger charge is 2.14. The molecule has 4 aromatic rings. The maximum absolute atomic E-state index is 4.93. The number of hydrogen-bond acceptors (Lipinski definition) is 3. The Labute approximate surface area is 183 Å². The number of imidazole rings is 1. The van der Waals surface area contributed by atoms with Crippen molar-refractivity contribution in [3.8, 4) is 22.5 Å². The van der Waals surface area contributed by atoms with Crippen LogP contribution in [0.4, 0.5) is 5.69 Å². The first-order valence-electron chi connectivity index (χ1n) is 10.5. The SMILES string of the molecule is c1ccc(NCCCCCSc2nc(-c3ccccc3)c(-c3ccccc3)[nH]2)cc1. The molecule has 0 atom stereocenters. The Bertz CT molecular complexity index is 957.